The zero-order valence-corrected chi connectivity index (χ0v) is 13.9. The highest BCUT2D eigenvalue weighted by Crippen LogP contribution is 2.36. The van der Waals surface area contributed by atoms with Crippen molar-refractivity contribution in [3.05, 3.63) is 24.2 Å². The summed E-state index contributed by atoms with van der Waals surface area (Å²) in [5.74, 6) is 1.06. The lowest BCUT2D eigenvalue weighted by Crippen LogP contribution is -2.43. The van der Waals surface area contributed by atoms with Gasteiger partial charge < -0.3 is 13.9 Å². The molecule has 0 unspecified atom stereocenters. The molecule has 0 saturated carbocycles. The van der Waals surface area contributed by atoms with Crippen LogP contribution in [0.4, 0.5) is 0 Å². The summed E-state index contributed by atoms with van der Waals surface area (Å²) >= 11 is 0. The van der Waals surface area contributed by atoms with Crippen molar-refractivity contribution in [3.8, 4) is 0 Å². The van der Waals surface area contributed by atoms with Crippen molar-refractivity contribution in [2.45, 2.75) is 31.8 Å². The molecular formula is C18H28N2O3. The van der Waals surface area contributed by atoms with Crippen LogP contribution < -0.4 is 0 Å². The molecule has 4 rings (SSSR count). The van der Waals surface area contributed by atoms with E-state index in [1.165, 1.54) is 32.4 Å². The summed E-state index contributed by atoms with van der Waals surface area (Å²) in [7, 11) is 0. The lowest BCUT2D eigenvalue weighted by Gasteiger charge is -2.35. The fourth-order valence-electron chi connectivity index (χ4n) is 4.42. The van der Waals surface area contributed by atoms with Crippen molar-refractivity contribution in [3.63, 3.8) is 0 Å². The topological polar surface area (TPSA) is 38.1 Å². The molecule has 23 heavy (non-hydrogen) atoms. The molecule has 0 bridgehead atoms. The zero-order chi connectivity index (χ0) is 15.5. The summed E-state index contributed by atoms with van der Waals surface area (Å²) in [5, 5.41) is 0. The summed E-state index contributed by atoms with van der Waals surface area (Å²) in [6, 6.07) is 4.76. The van der Waals surface area contributed by atoms with Crippen molar-refractivity contribution < 1.29 is 13.9 Å². The zero-order valence-electron chi connectivity index (χ0n) is 13.9. The van der Waals surface area contributed by atoms with Crippen LogP contribution in [0.3, 0.4) is 0 Å². The van der Waals surface area contributed by atoms with Gasteiger partial charge in [0.05, 0.1) is 26.0 Å². The molecule has 0 amide bonds. The molecule has 1 atom stereocenters. The quantitative estimate of drug-likeness (QED) is 0.851. The number of furan rings is 1. The van der Waals surface area contributed by atoms with Gasteiger partial charge in [-0.3, -0.25) is 9.80 Å². The van der Waals surface area contributed by atoms with Crippen molar-refractivity contribution in [1.29, 1.82) is 0 Å². The van der Waals surface area contributed by atoms with Gasteiger partial charge in [0.2, 0.25) is 0 Å². The Hall–Kier alpha value is -0.880. The molecule has 5 nitrogen and oxygen atoms in total. The van der Waals surface area contributed by atoms with E-state index in [-0.39, 0.29) is 0 Å². The maximum absolute atomic E-state index is 5.99. The second kappa shape index (κ2) is 6.93. The van der Waals surface area contributed by atoms with E-state index in [1.807, 2.05) is 6.07 Å². The van der Waals surface area contributed by atoms with Crippen LogP contribution in [0, 0.1) is 5.41 Å². The van der Waals surface area contributed by atoms with E-state index < -0.39 is 0 Å². The lowest BCUT2D eigenvalue weighted by atomic mass is 9.87. The van der Waals surface area contributed by atoms with Crippen LogP contribution in [-0.2, 0) is 16.0 Å². The molecule has 0 aromatic carbocycles. The third-order valence-electron chi connectivity index (χ3n) is 5.65. The Labute approximate surface area is 138 Å². The first-order valence-electron chi connectivity index (χ1n) is 8.97. The molecule has 128 valence electrons. The molecule has 5 heteroatoms. The minimum atomic E-state index is 0.293. The van der Waals surface area contributed by atoms with Gasteiger partial charge in [0.1, 0.15) is 5.76 Å². The predicted molar refractivity (Wildman–Crippen MR) is 87.3 cm³/mol. The molecule has 3 saturated heterocycles. The van der Waals surface area contributed by atoms with Gasteiger partial charge in [-0.05, 0) is 37.9 Å². The third kappa shape index (κ3) is 3.63. The molecule has 1 aromatic heterocycles. The molecule has 4 heterocycles. The third-order valence-corrected chi connectivity index (χ3v) is 5.65. The van der Waals surface area contributed by atoms with Gasteiger partial charge in [-0.1, -0.05) is 0 Å². The van der Waals surface area contributed by atoms with E-state index in [4.69, 9.17) is 13.9 Å². The second-order valence-corrected chi connectivity index (χ2v) is 7.41. The molecule has 1 spiro atoms. The van der Waals surface area contributed by atoms with Crippen molar-refractivity contribution in [2.24, 2.45) is 5.41 Å². The first-order valence-corrected chi connectivity index (χ1v) is 8.97. The van der Waals surface area contributed by atoms with Crippen molar-refractivity contribution >= 4 is 0 Å². The van der Waals surface area contributed by atoms with Gasteiger partial charge in [0.15, 0.2) is 0 Å². The molecule has 3 aliphatic rings. The van der Waals surface area contributed by atoms with Crippen LogP contribution in [0.2, 0.25) is 0 Å². The molecule has 0 radical (unpaired) electrons. The Morgan fingerprint density at radius 3 is 2.83 bits per heavy atom. The highest BCUT2D eigenvalue weighted by atomic mass is 16.5. The lowest BCUT2D eigenvalue weighted by molar-refractivity contribution is 0.0283. The Kier molecular flexibility index (Phi) is 4.71. The van der Waals surface area contributed by atoms with E-state index in [0.29, 0.717) is 11.5 Å². The minimum Gasteiger partial charge on any atom is -0.468 e. The van der Waals surface area contributed by atoms with Crippen LogP contribution in [0.15, 0.2) is 22.8 Å². The second-order valence-electron chi connectivity index (χ2n) is 7.41. The molecule has 0 aliphatic carbocycles. The summed E-state index contributed by atoms with van der Waals surface area (Å²) in [6.45, 7) is 8.99. The summed E-state index contributed by atoms with van der Waals surface area (Å²) in [6.07, 6.45) is 5.39. The van der Waals surface area contributed by atoms with E-state index in [1.54, 1.807) is 6.26 Å². The molecule has 3 aliphatic heterocycles. The van der Waals surface area contributed by atoms with Crippen molar-refractivity contribution in [1.82, 2.24) is 9.80 Å². The minimum absolute atomic E-state index is 0.293. The molecule has 3 fully saturated rings. The fraction of sp³-hybridized carbons (Fsp3) is 0.778. The Balaban J connectivity index is 1.40. The van der Waals surface area contributed by atoms with Gasteiger partial charge in [-0.25, -0.2) is 0 Å². The monoisotopic (exact) mass is 320 g/mol. The van der Waals surface area contributed by atoms with E-state index in [0.717, 1.165) is 51.8 Å². The number of likely N-dealkylation sites (tertiary alicyclic amines) is 1. The summed E-state index contributed by atoms with van der Waals surface area (Å²) in [5.41, 5.74) is 0.293. The number of hydrogen-bond donors (Lipinski definition) is 0. The molecular weight excluding hydrogens is 292 g/mol. The van der Waals surface area contributed by atoms with E-state index >= 15 is 0 Å². The Bertz CT molecular complexity index is 486. The van der Waals surface area contributed by atoms with Gasteiger partial charge >= 0.3 is 0 Å². The SMILES string of the molecule is c1coc(CN2CCOC[C@@]3(CCN(C4CCOCC4)C3)C2)c1. The van der Waals surface area contributed by atoms with E-state index in [2.05, 4.69) is 15.9 Å². The smallest absolute Gasteiger partial charge is 0.117 e. The summed E-state index contributed by atoms with van der Waals surface area (Å²) < 4.78 is 17.1. The van der Waals surface area contributed by atoms with Crippen LogP contribution in [0.5, 0.6) is 0 Å². The first-order chi connectivity index (χ1) is 11.3. The number of ether oxygens (including phenoxy) is 2. The van der Waals surface area contributed by atoms with Crippen LogP contribution in [-0.4, -0.2) is 68.4 Å². The van der Waals surface area contributed by atoms with Crippen LogP contribution in [0.25, 0.3) is 0 Å². The maximum atomic E-state index is 5.99. The van der Waals surface area contributed by atoms with Gasteiger partial charge in [0, 0.05) is 44.3 Å². The standard InChI is InChI=1S/C18H28N2O3/c1-2-17(23-8-1)12-19-7-11-22-15-18(13-19)5-6-20(14-18)16-3-9-21-10-4-16/h1-2,8,16H,3-7,9-15H2/t18-/m0/s1. The van der Waals surface area contributed by atoms with Gasteiger partial charge in [-0.15, -0.1) is 0 Å². The number of hydrogen-bond acceptors (Lipinski definition) is 5. The van der Waals surface area contributed by atoms with Crippen LogP contribution >= 0.6 is 0 Å². The molecule has 0 N–H and O–H groups in total. The predicted octanol–water partition coefficient (Wildman–Crippen LogP) is 1.98. The Morgan fingerprint density at radius 2 is 2.00 bits per heavy atom. The average molecular weight is 320 g/mol. The maximum Gasteiger partial charge on any atom is 0.117 e. The van der Waals surface area contributed by atoms with Crippen LogP contribution in [0.1, 0.15) is 25.0 Å². The Morgan fingerprint density at radius 1 is 1.09 bits per heavy atom. The van der Waals surface area contributed by atoms with Crippen molar-refractivity contribution in [2.75, 3.05) is 52.6 Å². The van der Waals surface area contributed by atoms with Gasteiger partial charge in [0.25, 0.3) is 0 Å². The highest BCUT2D eigenvalue weighted by molar-refractivity contribution is 5.00. The average Bonchev–Trinajstić information content (AvgIpc) is 3.18. The normalized spacial score (nSPS) is 31.7. The highest BCUT2D eigenvalue weighted by Gasteiger charge is 2.43. The van der Waals surface area contributed by atoms with Gasteiger partial charge in [-0.2, -0.15) is 0 Å². The number of rotatable bonds is 3. The summed E-state index contributed by atoms with van der Waals surface area (Å²) in [4.78, 5) is 5.21. The number of nitrogens with zero attached hydrogens (tertiary/aromatic N) is 2. The largest absolute Gasteiger partial charge is 0.468 e. The first kappa shape index (κ1) is 15.6. The van der Waals surface area contributed by atoms with E-state index in [9.17, 15) is 0 Å². The molecule has 1 aromatic rings. The fourth-order valence-corrected chi connectivity index (χ4v) is 4.42.